The third kappa shape index (κ3) is 4.44. The van der Waals surface area contributed by atoms with Gasteiger partial charge in [-0.2, -0.15) is 11.8 Å². The summed E-state index contributed by atoms with van der Waals surface area (Å²) in [6.07, 6.45) is 0. The molecule has 0 radical (unpaired) electrons. The Morgan fingerprint density at radius 1 is 1.11 bits per heavy atom. The lowest BCUT2D eigenvalue weighted by Gasteiger charge is -2.06. The second-order valence-electron chi connectivity index (χ2n) is 4.08. The third-order valence-electron chi connectivity index (χ3n) is 2.70. The fraction of sp³-hybridized carbons (Fsp3) is 0.200. The molecule has 100 valence electrons. The molecule has 0 N–H and O–H groups in total. The highest BCUT2D eigenvalue weighted by Crippen LogP contribution is 2.26. The van der Waals surface area contributed by atoms with E-state index in [0.717, 1.165) is 26.8 Å². The first-order valence-electron chi connectivity index (χ1n) is 5.83. The van der Waals surface area contributed by atoms with Gasteiger partial charge in [0.05, 0.1) is 7.11 Å². The molecule has 0 fully saturated rings. The van der Waals surface area contributed by atoms with Crippen LogP contribution in [0, 0.1) is 0 Å². The Morgan fingerprint density at radius 2 is 1.84 bits per heavy atom. The number of thioether (sulfide) groups is 1. The molecule has 0 saturated heterocycles. The van der Waals surface area contributed by atoms with E-state index in [-0.39, 0.29) is 0 Å². The molecule has 2 rings (SSSR count). The summed E-state index contributed by atoms with van der Waals surface area (Å²) in [6.45, 7) is 0. The Bertz CT molecular complexity index is 542. The molecular weight excluding hydrogens is 344 g/mol. The van der Waals surface area contributed by atoms with Crippen LogP contribution in [0.4, 0.5) is 0 Å². The van der Waals surface area contributed by atoms with Crippen molar-refractivity contribution in [2.75, 3.05) is 7.11 Å². The van der Waals surface area contributed by atoms with Crippen molar-refractivity contribution in [3.05, 3.63) is 63.1 Å². The Hall–Kier alpha value is -0.640. The Kier molecular flexibility index (Phi) is 5.61. The van der Waals surface area contributed by atoms with Gasteiger partial charge in [0.2, 0.25) is 0 Å². The number of benzene rings is 2. The minimum Gasteiger partial charge on any atom is -0.497 e. The van der Waals surface area contributed by atoms with Crippen molar-refractivity contribution in [1.82, 2.24) is 0 Å². The predicted molar refractivity (Wildman–Crippen MR) is 87.1 cm³/mol. The predicted octanol–water partition coefficient (Wildman–Crippen LogP) is 5.54. The molecule has 0 atom stereocenters. The molecule has 0 amide bonds. The average Bonchev–Trinajstić information content (AvgIpc) is 2.42. The van der Waals surface area contributed by atoms with E-state index in [9.17, 15) is 0 Å². The Labute approximate surface area is 131 Å². The van der Waals surface area contributed by atoms with Gasteiger partial charge < -0.3 is 4.74 Å². The van der Waals surface area contributed by atoms with Crippen molar-refractivity contribution < 1.29 is 4.74 Å². The molecule has 0 bridgehead atoms. The number of rotatable bonds is 5. The minimum atomic E-state index is 0.760. The molecule has 4 heteroatoms. The lowest BCUT2D eigenvalue weighted by molar-refractivity contribution is 0.414. The van der Waals surface area contributed by atoms with Gasteiger partial charge in [-0.25, -0.2) is 0 Å². The van der Waals surface area contributed by atoms with E-state index in [1.54, 1.807) is 7.11 Å². The van der Waals surface area contributed by atoms with Crippen molar-refractivity contribution in [2.24, 2.45) is 0 Å². The quantitative estimate of drug-likeness (QED) is 0.694. The van der Waals surface area contributed by atoms with E-state index in [1.165, 1.54) is 11.1 Å². The minimum absolute atomic E-state index is 0.760. The molecule has 0 aliphatic carbocycles. The van der Waals surface area contributed by atoms with Gasteiger partial charge in [-0.15, -0.1) is 0 Å². The van der Waals surface area contributed by atoms with Crippen molar-refractivity contribution >= 4 is 39.3 Å². The third-order valence-corrected chi connectivity index (χ3v) is 4.73. The fourth-order valence-corrected chi connectivity index (χ4v) is 3.65. The largest absolute Gasteiger partial charge is 0.497 e. The molecule has 0 unspecified atom stereocenters. The number of ether oxygens (including phenoxy) is 1. The van der Waals surface area contributed by atoms with Crippen LogP contribution in [0.5, 0.6) is 5.75 Å². The van der Waals surface area contributed by atoms with E-state index in [2.05, 4.69) is 34.1 Å². The Morgan fingerprint density at radius 3 is 2.47 bits per heavy atom. The van der Waals surface area contributed by atoms with Crippen LogP contribution in [0.3, 0.4) is 0 Å². The second-order valence-corrected chi connectivity index (χ2v) is 6.35. The van der Waals surface area contributed by atoms with Gasteiger partial charge in [0, 0.05) is 21.0 Å². The van der Waals surface area contributed by atoms with Gasteiger partial charge >= 0.3 is 0 Å². The zero-order valence-electron chi connectivity index (χ0n) is 10.5. The molecular formula is C15H14BrClOS. The number of halogens is 2. The van der Waals surface area contributed by atoms with E-state index in [1.807, 2.05) is 36.0 Å². The summed E-state index contributed by atoms with van der Waals surface area (Å²) >= 11 is 11.3. The summed E-state index contributed by atoms with van der Waals surface area (Å²) in [5, 5.41) is 0.760. The van der Waals surface area contributed by atoms with Crippen LogP contribution in [0.25, 0.3) is 0 Å². The van der Waals surface area contributed by atoms with Crippen LogP contribution in [0.1, 0.15) is 11.1 Å². The molecule has 2 aromatic rings. The normalized spacial score (nSPS) is 10.5. The van der Waals surface area contributed by atoms with E-state index in [0.29, 0.717) is 0 Å². The zero-order chi connectivity index (χ0) is 13.7. The zero-order valence-corrected chi connectivity index (χ0v) is 13.7. The Balaban J connectivity index is 1.88. The number of methoxy groups -OCH3 is 1. The monoisotopic (exact) mass is 356 g/mol. The van der Waals surface area contributed by atoms with Crippen LogP contribution in [-0.4, -0.2) is 7.11 Å². The summed E-state index contributed by atoms with van der Waals surface area (Å²) in [7, 11) is 1.68. The highest BCUT2D eigenvalue weighted by Gasteiger charge is 2.02. The molecule has 0 aliphatic heterocycles. The molecule has 0 spiro atoms. The molecule has 0 saturated carbocycles. The summed E-state index contributed by atoms with van der Waals surface area (Å²) in [4.78, 5) is 0. The molecule has 0 heterocycles. The molecule has 0 aliphatic rings. The van der Waals surface area contributed by atoms with Crippen LogP contribution >= 0.6 is 39.3 Å². The average molecular weight is 358 g/mol. The first kappa shape index (κ1) is 14.8. The smallest absolute Gasteiger partial charge is 0.118 e. The number of hydrogen-bond donors (Lipinski definition) is 0. The SMILES string of the molecule is COc1ccc(CSCc2ccc(Cl)cc2Br)cc1. The van der Waals surface area contributed by atoms with Crippen LogP contribution in [0.2, 0.25) is 5.02 Å². The molecule has 0 aromatic heterocycles. The van der Waals surface area contributed by atoms with Gasteiger partial charge in [0.25, 0.3) is 0 Å². The number of hydrogen-bond acceptors (Lipinski definition) is 2. The lowest BCUT2D eigenvalue weighted by atomic mass is 10.2. The van der Waals surface area contributed by atoms with E-state index in [4.69, 9.17) is 16.3 Å². The second kappa shape index (κ2) is 7.22. The van der Waals surface area contributed by atoms with Crippen molar-refractivity contribution in [3.63, 3.8) is 0 Å². The first-order chi connectivity index (χ1) is 9.19. The van der Waals surface area contributed by atoms with Crippen LogP contribution in [-0.2, 0) is 11.5 Å². The first-order valence-corrected chi connectivity index (χ1v) is 8.16. The standard InChI is InChI=1S/C15H14BrClOS/c1-18-14-6-2-11(3-7-14)9-19-10-12-4-5-13(17)8-15(12)16/h2-8H,9-10H2,1H3. The van der Waals surface area contributed by atoms with Crippen LogP contribution in [0.15, 0.2) is 46.9 Å². The molecule has 19 heavy (non-hydrogen) atoms. The maximum atomic E-state index is 5.93. The maximum absolute atomic E-state index is 5.93. The van der Waals surface area contributed by atoms with Gasteiger partial charge in [0.15, 0.2) is 0 Å². The van der Waals surface area contributed by atoms with Gasteiger partial charge in [-0.3, -0.25) is 0 Å². The van der Waals surface area contributed by atoms with Crippen LogP contribution < -0.4 is 4.74 Å². The summed E-state index contributed by atoms with van der Waals surface area (Å²) in [6, 6.07) is 14.1. The van der Waals surface area contributed by atoms with Gasteiger partial charge in [-0.05, 0) is 35.4 Å². The fourth-order valence-electron chi connectivity index (χ4n) is 1.64. The highest BCUT2D eigenvalue weighted by molar-refractivity contribution is 9.10. The molecule has 2 aromatic carbocycles. The van der Waals surface area contributed by atoms with Crippen molar-refractivity contribution in [1.29, 1.82) is 0 Å². The van der Waals surface area contributed by atoms with Crippen molar-refractivity contribution in [3.8, 4) is 5.75 Å². The lowest BCUT2D eigenvalue weighted by Crippen LogP contribution is -1.86. The topological polar surface area (TPSA) is 9.23 Å². The summed E-state index contributed by atoms with van der Waals surface area (Å²) < 4.78 is 6.22. The highest BCUT2D eigenvalue weighted by atomic mass is 79.9. The maximum Gasteiger partial charge on any atom is 0.118 e. The van der Waals surface area contributed by atoms with Gasteiger partial charge in [-0.1, -0.05) is 45.7 Å². The summed E-state index contributed by atoms with van der Waals surface area (Å²) in [5.74, 6) is 2.84. The summed E-state index contributed by atoms with van der Waals surface area (Å²) in [5.41, 5.74) is 2.57. The van der Waals surface area contributed by atoms with E-state index < -0.39 is 0 Å². The van der Waals surface area contributed by atoms with Gasteiger partial charge in [0.1, 0.15) is 5.75 Å². The van der Waals surface area contributed by atoms with E-state index >= 15 is 0 Å². The molecule has 1 nitrogen and oxygen atoms in total. The van der Waals surface area contributed by atoms with Crippen molar-refractivity contribution in [2.45, 2.75) is 11.5 Å².